The number of hydrogen-bond acceptors (Lipinski definition) is 1. The van der Waals surface area contributed by atoms with Crippen LogP contribution in [0.2, 0.25) is 0 Å². The van der Waals surface area contributed by atoms with E-state index in [1.54, 1.807) is 0 Å². The first-order chi connectivity index (χ1) is 8.00. The number of Topliss-reactive ketones (excluding diaryl/α,β-unsaturated/α-hetero) is 1. The summed E-state index contributed by atoms with van der Waals surface area (Å²) in [5.41, 5.74) is 6.96. The van der Waals surface area contributed by atoms with Crippen molar-refractivity contribution in [1.82, 2.24) is 0 Å². The third kappa shape index (κ3) is 1.48. The highest BCUT2D eigenvalue weighted by Crippen LogP contribution is 2.42. The summed E-state index contributed by atoms with van der Waals surface area (Å²) in [6.45, 7) is 6.79. The first-order valence-electron chi connectivity index (χ1n) is 6.70. The zero-order valence-corrected chi connectivity index (χ0v) is 11.0. The number of fused-ring (bicyclic) bond motifs is 3. The van der Waals surface area contributed by atoms with Crippen LogP contribution in [0, 0.1) is 6.92 Å². The molecule has 1 aromatic carbocycles. The van der Waals surface area contributed by atoms with Gasteiger partial charge < -0.3 is 0 Å². The molecule has 0 saturated heterocycles. The number of carbonyl (C=O) groups is 1. The van der Waals surface area contributed by atoms with Gasteiger partial charge in [0.2, 0.25) is 0 Å². The summed E-state index contributed by atoms with van der Waals surface area (Å²) < 4.78 is 0. The lowest BCUT2D eigenvalue weighted by molar-refractivity contribution is 0.0994. The molecule has 0 atom stereocenters. The smallest absolute Gasteiger partial charge is 0.163 e. The van der Waals surface area contributed by atoms with Crippen LogP contribution in [0.1, 0.15) is 65.7 Å². The predicted octanol–water partition coefficient (Wildman–Crippen LogP) is 3.74. The van der Waals surface area contributed by atoms with Gasteiger partial charge in [-0.25, -0.2) is 0 Å². The second kappa shape index (κ2) is 3.44. The second-order valence-electron chi connectivity index (χ2n) is 6.23. The van der Waals surface area contributed by atoms with E-state index in [4.69, 9.17) is 0 Å². The maximum Gasteiger partial charge on any atom is 0.163 e. The van der Waals surface area contributed by atoms with E-state index in [-0.39, 0.29) is 0 Å². The van der Waals surface area contributed by atoms with Crippen molar-refractivity contribution in [2.45, 2.75) is 58.3 Å². The highest BCUT2D eigenvalue weighted by Gasteiger charge is 2.33. The SMILES string of the molecule is Cc1cc2c(c3c1C(=O)CC3)CCCC2(C)C. The molecular weight excluding hydrogens is 208 g/mol. The molecule has 1 nitrogen and oxygen atoms in total. The van der Waals surface area contributed by atoms with E-state index in [1.807, 2.05) is 0 Å². The van der Waals surface area contributed by atoms with Gasteiger partial charge >= 0.3 is 0 Å². The molecule has 90 valence electrons. The Labute approximate surface area is 103 Å². The predicted molar refractivity (Wildman–Crippen MR) is 69.8 cm³/mol. The van der Waals surface area contributed by atoms with Crippen LogP contribution < -0.4 is 0 Å². The third-order valence-corrected chi connectivity index (χ3v) is 4.58. The maximum absolute atomic E-state index is 11.9. The molecule has 0 aliphatic heterocycles. The molecule has 17 heavy (non-hydrogen) atoms. The van der Waals surface area contributed by atoms with Gasteiger partial charge in [0.15, 0.2) is 5.78 Å². The molecule has 0 fully saturated rings. The molecule has 0 saturated carbocycles. The molecule has 3 rings (SSSR count). The van der Waals surface area contributed by atoms with Crippen molar-refractivity contribution in [2.75, 3.05) is 0 Å². The normalized spacial score (nSPS) is 21.2. The van der Waals surface area contributed by atoms with Gasteiger partial charge in [0.25, 0.3) is 0 Å². The summed E-state index contributed by atoms with van der Waals surface area (Å²) in [5, 5.41) is 0. The Morgan fingerprint density at radius 3 is 2.65 bits per heavy atom. The topological polar surface area (TPSA) is 17.1 Å². The van der Waals surface area contributed by atoms with E-state index >= 15 is 0 Å². The quantitative estimate of drug-likeness (QED) is 0.661. The number of ketones is 1. The van der Waals surface area contributed by atoms with E-state index in [0.717, 1.165) is 18.4 Å². The van der Waals surface area contributed by atoms with Crippen molar-refractivity contribution in [3.05, 3.63) is 33.9 Å². The van der Waals surface area contributed by atoms with Gasteiger partial charge in [-0.1, -0.05) is 19.9 Å². The standard InChI is InChI=1S/C16H20O/c1-10-9-13-11(5-4-8-16(13,2)3)12-6-7-14(17)15(10)12/h9H,4-8H2,1-3H3. The highest BCUT2D eigenvalue weighted by atomic mass is 16.1. The first-order valence-corrected chi connectivity index (χ1v) is 6.70. The third-order valence-electron chi connectivity index (χ3n) is 4.58. The molecule has 2 aliphatic carbocycles. The Morgan fingerprint density at radius 2 is 1.88 bits per heavy atom. The number of hydrogen-bond donors (Lipinski definition) is 0. The van der Waals surface area contributed by atoms with E-state index in [2.05, 4.69) is 26.8 Å². The van der Waals surface area contributed by atoms with Gasteiger partial charge in [0.1, 0.15) is 0 Å². The van der Waals surface area contributed by atoms with Crippen molar-refractivity contribution < 1.29 is 4.79 Å². The van der Waals surface area contributed by atoms with Crippen LogP contribution in [-0.4, -0.2) is 5.78 Å². The molecule has 1 heteroatoms. The Bertz CT molecular complexity index is 509. The average molecular weight is 228 g/mol. The van der Waals surface area contributed by atoms with E-state index in [0.29, 0.717) is 11.2 Å². The Balaban J connectivity index is 2.29. The lowest BCUT2D eigenvalue weighted by Crippen LogP contribution is -2.25. The van der Waals surface area contributed by atoms with Crippen LogP contribution >= 0.6 is 0 Å². The van der Waals surface area contributed by atoms with Crippen molar-refractivity contribution in [2.24, 2.45) is 0 Å². The number of aryl methyl sites for hydroxylation is 1. The zero-order valence-electron chi connectivity index (χ0n) is 11.0. The molecule has 0 radical (unpaired) electrons. The minimum absolute atomic E-state index is 0.291. The fourth-order valence-corrected chi connectivity index (χ4v) is 3.69. The number of benzene rings is 1. The molecule has 0 spiro atoms. The summed E-state index contributed by atoms with van der Waals surface area (Å²) in [6, 6.07) is 2.29. The van der Waals surface area contributed by atoms with Crippen molar-refractivity contribution in [3.63, 3.8) is 0 Å². The molecule has 0 aromatic heterocycles. The molecule has 0 heterocycles. The summed E-state index contributed by atoms with van der Waals surface area (Å²) in [7, 11) is 0. The van der Waals surface area contributed by atoms with Crippen molar-refractivity contribution in [1.29, 1.82) is 0 Å². The Morgan fingerprint density at radius 1 is 1.12 bits per heavy atom. The second-order valence-corrected chi connectivity index (χ2v) is 6.23. The molecule has 0 unspecified atom stereocenters. The maximum atomic E-state index is 11.9. The minimum atomic E-state index is 0.291. The van der Waals surface area contributed by atoms with Gasteiger partial charge in [0.05, 0.1) is 0 Å². The van der Waals surface area contributed by atoms with Crippen LogP contribution in [0.15, 0.2) is 6.07 Å². The summed E-state index contributed by atoms with van der Waals surface area (Å²) in [6.07, 6.45) is 5.42. The Hall–Kier alpha value is -1.11. The van der Waals surface area contributed by atoms with Gasteiger partial charge in [-0.05, 0) is 60.3 Å². The van der Waals surface area contributed by atoms with Crippen LogP contribution in [0.4, 0.5) is 0 Å². The van der Waals surface area contributed by atoms with Gasteiger partial charge in [-0.15, -0.1) is 0 Å². The van der Waals surface area contributed by atoms with E-state index in [1.165, 1.54) is 41.5 Å². The molecular formula is C16H20O. The van der Waals surface area contributed by atoms with Crippen molar-refractivity contribution >= 4 is 5.78 Å². The van der Waals surface area contributed by atoms with Crippen LogP contribution in [-0.2, 0) is 18.3 Å². The Kier molecular flexibility index (Phi) is 2.23. The van der Waals surface area contributed by atoms with E-state index < -0.39 is 0 Å². The molecule has 2 aliphatic rings. The monoisotopic (exact) mass is 228 g/mol. The first kappa shape index (κ1) is 11.0. The average Bonchev–Trinajstić information content (AvgIpc) is 2.63. The van der Waals surface area contributed by atoms with Crippen LogP contribution in [0.25, 0.3) is 0 Å². The van der Waals surface area contributed by atoms with Gasteiger partial charge in [-0.2, -0.15) is 0 Å². The molecule has 0 amide bonds. The molecule has 0 bridgehead atoms. The zero-order chi connectivity index (χ0) is 12.2. The number of rotatable bonds is 0. The largest absolute Gasteiger partial charge is 0.294 e. The number of carbonyl (C=O) groups excluding carboxylic acids is 1. The van der Waals surface area contributed by atoms with Gasteiger partial charge in [-0.3, -0.25) is 4.79 Å². The lowest BCUT2D eigenvalue weighted by atomic mass is 9.70. The van der Waals surface area contributed by atoms with Crippen LogP contribution in [0.3, 0.4) is 0 Å². The molecule has 0 N–H and O–H groups in total. The van der Waals surface area contributed by atoms with Crippen LogP contribution in [0.5, 0.6) is 0 Å². The molecule has 1 aromatic rings. The summed E-state index contributed by atoms with van der Waals surface area (Å²) in [5.74, 6) is 0.365. The summed E-state index contributed by atoms with van der Waals surface area (Å²) in [4.78, 5) is 11.9. The van der Waals surface area contributed by atoms with E-state index in [9.17, 15) is 4.79 Å². The van der Waals surface area contributed by atoms with Gasteiger partial charge in [0, 0.05) is 12.0 Å². The van der Waals surface area contributed by atoms with Crippen molar-refractivity contribution in [3.8, 4) is 0 Å². The fraction of sp³-hybridized carbons (Fsp3) is 0.562. The summed E-state index contributed by atoms with van der Waals surface area (Å²) >= 11 is 0. The highest BCUT2D eigenvalue weighted by molar-refractivity contribution is 6.02. The lowest BCUT2D eigenvalue weighted by Gasteiger charge is -2.34. The minimum Gasteiger partial charge on any atom is -0.294 e. The fourth-order valence-electron chi connectivity index (χ4n) is 3.69.